The maximum absolute atomic E-state index is 6.53. The molecule has 0 radical (unpaired) electrons. The quantitative estimate of drug-likeness (QED) is 0.162. The Bertz CT molecular complexity index is 848. The molecular formula is C35H62O4. The zero-order chi connectivity index (χ0) is 29.9. The predicted molar refractivity (Wildman–Crippen MR) is 167 cm³/mol. The molecule has 0 saturated heterocycles. The van der Waals surface area contributed by atoms with Crippen LogP contribution in [0.1, 0.15) is 127 Å². The highest BCUT2D eigenvalue weighted by Crippen LogP contribution is 2.34. The Hall–Kier alpha value is -1.20. The lowest BCUT2D eigenvalue weighted by molar-refractivity contribution is -0.135. The fourth-order valence-corrected chi connectivity index (χ4v) is 4.04. The molecule has 0 amide bonds. The van der Waals surface area contributed by atoms with E-state index in [4.69, 9.17) is 18.9 Å². The van der Waals surface area contributed by atoms with Gasteiger partial charge in [0.2, 0.25) is 0 Å². The first kappa shape index (κ1) is 35.8. The average Bonchev–Trinajstić information content (AvgIpc) is 2.89. The molecule has 0 bridgehead atoms. The molecule has 4 heteroatoms. The van der Waals surface area contributed by atoms with Gasteiger partial charge in [0.15, 0.2) is 0 Å². The standard InChI is InChI=1S/C35H62O4/c1-14-27(4)32(6,7)21-22-34(10,11)38-24-30(23-37-33(8,9)16-3)25-39-35(12,13)26-36-28(5)31-19-17-29(15-2)18-20-31/h14,17-20,28,30H,15-16,21-26H2,1-13H3/b27-14+. The number of hydrogen-bond donors (Lipinski definition) is 0. The summed E-state index contributed by atoms with van der Waals surface area (Å²) in [6.45, 7) is 30.6. The summed E-state index contributed by atoms with van der Waals surface area (Å²) in [5, 5.41) is 0. The summed E-state index contributed by atoms with van der Waals surface area (Å²) in [6.07, 6.45) is 6.33. The van der Waals surface area contributed by atoms with Crippen LogP contribution in [0.15, 0.2) is 35.9 Å². The highest BCUT2D eigenvalue weighted by atomic mass is 16.6. The Morgan fingerprint density at radius 2 is 1.28 bits per heavy atom. The Morgan fingerprint density at radius 3 is 1.77 bits per heavy atom. The van der Waals surface area contributed by atoms with Crippen LogP contribution in [0.2, 0.25) is 0 Å². The van der Waals surface area contributed by atoms with Gasteiger partial charge in [-0.3, -0.25) is 0 Å². The van der Waals surface area contributed by atoms with Crippen molar-refractivity contribution in [3.8, 4) is 0 Å². The van der Waals surface area contributed by atoms with Gasteiger partial charge in [-0.05, 0) is 105 Å². The summed E-state index contributed by atoms with van der Waals surface area (Å²) >= 11 is 0. The normalized spacial score (nSPS) is 15.5. The van der Waals surface area contributed by atoms with Crippen LogP contribution in [0.4, 0.5) is 0 Å². The lowest BCUT2D eigenvalue weighted by Crippen LogP contribution is -2.38. The van der Waals surface area contributed by atoms with Crippen LogP contribution in [-0.4, -0.2) is 43.2 Å². The van der Waals surface area contributed by atoms with Crippen LogP contribution in [0.3, 0.4) is 0 Å². The minimum atomic E-state index is -0.417. The molecule has 0 aliphatic heterocycles. The van der Waals surface area contributed by atoms with Gasteiger partial charge in [0, 0.05) is 5.92 Å². The van der Waals surface area contributed by atoms with E-state index < -0.39 is 5.60 Å². The Kier molecular flexibility index (Phi) is 14.4. The fraction of sp³-hybridized carbons (Fsp3) is 0.771. The second-order valence-electron chi connectivity index (χ2n) is 13.8. The maximum atomic E-state index is 6.53. The zero-order valence-corrected chi connectivity index (χ0v) is 27.8. The monoisotopic (exact) mass is 546 g/mol. The molecule has 0 fully saturated rings. The number of ether oxygens (including phenoxy) is 4. The van der Waals surface area contributed by atoms with Crippen molar-refractivity contribution >= 4 is 0 Å². The van der Waals surface area contributed by atoms with E-state index in [9.17, 15) is 0 Å². The number of allylic oxidation sites excluding steroid dienone is 2. The molecule has 2 atom stereocenters. The van der Waals surface area contributed by atoms with Gasteiger partial charge in [0.1, 0.15) is 0 Å². The highest BCUT2D eigenvalue weighted by molar-refractivity contribution is 5.23. The molecule has 0 aromatic heterocycles. The van der Waals surface area contributed by atoms with Gasteiger partial charge < -0.3 is 18.9 Å². The molecular weight excluding hydrogens is 484 g/mol. The first-order chi connectivity index (χ1) is 18.0. The van der Waals surface area contributed by atoms with Crippen molar-refractivity contribution in [1.29, 1.82) is 0 Å². The summed E-state index contributed by atoms with van der Waals surface area (Å²) in [5.74, 6) is 0.138. The summed E-state index contributed by atoms with van der Waals surface area (Å²) in [5.41, 5.74) is 3.34. The third kappa shape index (κ3) is 13.8. The van der Waals surface area contributed by atoms with Gasteiger partial charge in [-0.15, -0.1) is 0 Å². The van der Waals surface area contributed by atoms with Gasteiger partial charge in [-0.2, -0.15) is 0 Å². The highest BCUT2D eigenvalue weighted by Gasteiger charge is 2.29. The predicted octanol–water partition coefficient (Wildman–Crippen LogP) is 9.51. The minimum absolute atomic E-state index is 0.0165. The first-order valence-corrected chi connectivity index (χ1v) is 15.2. The summed E-state index contributed by atoms with van der Waals surface area (Å²) < 4.78 is 25.5. The van der Waals surface area contributed by atoms with Crippen molar-refractivity contribution in [1.82, 2.24) is 0 Å². The molecule has 4 nitrogen and oxygen atoms in total. The summed E-state index contributed by atoms with van der Waals surface area (Å²) in [4.78, 5) is 0. The van der Waals surface area contributed by atoms with E-state index >= 15 is 0 Å². The minimum Gasteiger partial charge on any atom is -0.375 e. The number of benzene rings is 1. The van der Waals surface area contributed by atoms with E-state index in [1.54, 1.807) is 0 Å². The third-order valence-electron chi connectivity index (χ3n) is 8.37. The molecule has 0 N–H and O–H groups in total. The van der Waals surface area contributed by atoms with Crippen LogP contribution < -0.4 is 0 Å². The third-order valence-corrected chi connectivity index (χ3v) is 8.37. The molecule has 0 heterocycles. The molecule has 0 aliphatic carbocycles. The SMILES string of the molecule is C/C=C(\C)C(C)(C)CCC(C)(C)OCC(COC(C)(C)CC)COC(C)(C)COC(C)c1ccc(CC)cc1. The van der Waals surface area contributed by atoms with E-state index in [0.717, 1.165) is 25.7 Å². The average molecular weight is 547 g/mol. The molecule has 1 aromatic carbocycles. The van der Waals surface area contributed by atoms with E-state index in [0.29, 0.717) is 26.4 Å². The topological polar surface area (TPSA) is 36.9 Å². The first-order valence-electron chi connectivity index (χ1n) is 15.2. The Labute approximate surface area is 242 Å². The lowest BCUT2D eigenvalue weighted by Gasteiger charge is -2.35. The van der Waals surface area contributed by atoms with Gasteiger partial charge in [-0.1, -0.05) is 63.6 Å². The van der Waals surface area contributed by atoms with Crippen LogP contribution in [0.5, 0.6) is 0 Å². The molecule has 0 aliphatic rings. The second kappa shape index (κ2) is 15.7. The molecule has 0 saturated carbocycles. The second-order valence-corrected chi connectivity index (χ2v) is 13.8. The van der Waals surface area contributed by atoms with Gasteiger partial charge in [0.05, 0.1) is 49.3 Å². The molecule has 1 rings (SSSR count). The number of aryl methyl sites for hydroxylation is 1. The van der Waals surface area contributed by atoms with E-state index in [1.165, 1.54) is 16.7 Å². The zero-order valence-electron chi connectivity index (χ0n) is 27.8. The molecule has 0 spiro atoms. The van der Waals surface area contributed by atoms with Crippen molar-refractivity contribution in [2.45, 2.75) is 139 Å². The van der Waals surface area contributed by atoms with Gasteiger partial charge >= 0.3 is 0 Å². The Morgan fingerprint density at radius 1 is 0.769 bits per heavy atom. The van der Waals surface area contributed by atoms with Crippen LogP contribution in [0.25, 0.3) is 0 Å². The largest absolute Gasteiger partial charge is 0.375 e. The van der Waals surface area contributed by atoms with E-state index in [2.05, 4.69) is 120 Å². The van der Waals surface area contributed by atoms with Gasteiger partial charge in [-0.25, -0.2) is 0 Å². The molecule has 2 unspecified atom stereocenters. The van der Waals surface area contributed by atoms with Crippen LogP contribution in [-0.2, 0) is 25.4 Å². The smallest absolute Gasteiger partial charge is 0.0859 e. The molecule has 1 aromatic rings. The fourth-order valence-electron chi connectivity index (χ4n) is 4.04. The lowest BCUT2D eigenvalue weighted by atomic mass is 9.78. The van der Waals surface area contributed by atoms with Crippen molar-refractivity contribution in [2.75, 3.05) is 26.4 Å². The van der Waals surface area contributed by atoms with E-state index in [1.807, 2.05) is 0 Å². The van der Waals surface area contributed by atoms with Gasteiger partial charge in [0.25, 0.3) is 0 Å². The molecule has 226 valence electrons. The Balaban J connectivity index is 2.74. The van der Waals surface area contributed by atoms with Crippen LogP contribution >= 0.6 is 0 Å². The number of rotatable bonds is 19. The maximum Gasteiger partial charge on any atom is 0.0859 e. The van der Waals surface area contributed by atoms with Crippen molar-refractivity contribution in [3.63, 3.8) is 0 Å². The summed E-state index contributed by atoms with van der Waals surface area (Å²) in [7, 11) is 0. The summed E-state index contributed by atoms with van der Waals surface area (Å²) in [6, 6.07) is 8.70. The molecule has 39 heavy (non-hydrogen) atoms. The van der Waals surface area contributed by atoms with E-state index in [-0.39, 0.29) is 28.6 Å². The van der Waals surface area contributed by atoms with Crippen molar-refractivity contribution in [2.24, 2.45) is 11.3 Å². The van der Waals surface area contributed by atoms with Crippen molar-refractivity contribution < 1.29 is 18.9 Å². The van der Waals surface area contributed by atoms with Crippen molar-refractivity contribution in [3.05, 3.63) is 47.0 Å². The number of hydrogen-bond acceptors (Lipinski definition) is 4. The van der Waals surface area contributed by atoms with Crippen LogP contribution in [0, 0.1) is 11.3 Å².